The summed E-state index contributed by atoms with van der Waals surface area (Å²) in [6.45, 7) is 2.49. The van der Waals surface area contributed by atoms with Crippen molar-refractivity contribution >= 4 is 5.97 Å². The van der Waals surface area contributed by atoms with Crippen molar-refractivity contribution in [2.75, 3.05) is 13.7 Å². The van der Waals surface area contributed by atoms with E-state index in [1.54, 1.807) is 14.0 Å². The van der Waals surface area contributed by atoms with E-state index in [0.717, 1.165) is 49.4 Å². The summed E-state index contributed by atoms with van der Waals surface area (Å²) in [5, 5.41) is 9.09. The quantitative estimate of drug-likeness (QED) is 0.403. The molecule has 1 saturated heterocycles. The molecule has 1 aliphatic carbocycles. The zero-order valence-corrected chi connectivity index (χ0v) is 20.6. The number of carbonyl (C=O) groups is 1. The number of aliphatic carboxylic acids is 1. The van der Waals surface area contributed by atoms with Crippen molar-refractivity contribution in [2.24, 2.45) is 17.8 Å². The average Bonchev–Trinajstić information content (AvgIpc) is 3.40. The van der Waals surface area contributed by atoms with Gasteiger partial charge in [-0.1, -0.05) is 31.2 Å². The van der Waals surface area contributed by atoms with E-state index < -0.39 is 29.4 Å². The van der Waals surface area contributed by atoms with Crippen LogP contribution in [0, 0.1) is 23.6 Å². The fourth-order valence-electron chi connectivity index (χ4n) is 6.02. The van der Waals surface area contributed by atoms with Crippen molar-refractivity contribution < 1.29 is 32.2 Å². The van der Waals surface area contributed by atoms with Gasteiger partial charge in [-0.3, -0.25) is 9.69 Å². The van der Waals surface area contributed by atoms with Crippen LogP contribution in [0.5, 0.6) is 0 Å². The third-order valence-electron chi connectivity index (χ3n) is 7.94. The lowest BCUT2D eigenvalue weighted by Gasteiger charge is -2.35. The van der Waals surface area contributed by atoms with Gasteiger partial charge < -0.3 is 9.84 Å². The fourth-order valence-corrected chi connectivity index (χ4v) is 6.02. The van der Waals surface area contributed by atoms with Crippen LogP contribution >= 0.6 is 0 Å². The van der Waals surface area contributed by atoms with Crippen LogP contribution < -0.4 is 0 Å². The van der Waals surface area contributed by atoms with E-state index in [-0.39, 0.29) is 24.3 Å². The number of fused-ring (bicyclic) bond motifs is 2. The summed E-state index contributed by atoms with van der Waals surface area (Å²) in [4.78, 5) is 13.1. The molecule has 0 radical (unpaired) electrons. The van der Waals surface area contributed by atoms with E-state index in [1.165, 1.54) is 5.56 Å². The van der Waals surface area contributed by atoms with Gasteiger partial charge in [-0.15, -0.1) is 0 Å². The number of hydrogen-bond donors (Lipinski definition) is 1. The summed E-state index contributed by atoms with van der Waals surface area (Å²) >= 11 is 0. The molecule has 2 aromatic carbocycles. The Bertz CT molecular complexity index is 1060. The summed E-state index contributed by atoms with van der Waals surface area (Å²) < 4.78 is 59.8. The molecule has 4 nitrogen and oxygen atoms in total. The molecular formula is C28H33F4NO3. The molecular weight excluding hydrogens is 474 g/mol. The molecule has 1 aliphatic heterocycles. The highest BCUT2D eigenvalue weighted by Crippen LogP contribution is 2.46. The molecule has 0 amide bonds. The van der Waals surface area contributed by atoms with Gasteiger partial charge in [0.2, 0.25) is 0 Å². The topological polar surface area (TPSA) is 49.8 Å². The minimum Gasteiger partial charge on any atom is -0.481 e. The second-order valence-electron chi connectivity index (χ2n) is 10.4. The number of carboxylic acids is 1. The molecule has 2 aliphatic rings. The molecule has 1 saturated carbocycles. The highest BCUT2D eigenvalue weighted by atomic mass is 19.4. The predicted molar refractivity (Wildman–Crippen MR) is 128 cm³/mol. The monoisotopic (exact) mass is 507 g/mol. The molecule has 1 heterocycles. The number of piperidine rings is 1. The number of carboxylic acid groups (broad SMARTS) is 1. The summed E-state index contributed by atoms with van der Waals surface area (Å²) in [6, 6.07) is 10.9. The van der Waals surface area contributed by atoms with E-state index >= 15 is 0 Å². The number of halogens is 4. The van der Waals surface area contributed by atoms with Gasteiger partial charge in [0.1, 0.15) is 5.82 Å². The van der Waals surface area contributed by atoms with Crippen molar-refractivity contribution in [3.05, 3.63) is 70.5 Å². The van der Waals surface area contributed by atoms with Crippen molar-refractivity contribution in [3.8, 4) is 0 Å². The van der Waals surface area contributed by atoms with E-state index in [9.17, 15) is 22.4 Å². The van der Waals surface area contributed by atoms with Crippen LogP contribution in [0.15, 0.2) is 42.5 Å². The van der Waals surface area contributed by atoms with Gasteiger partial charge in [0.15, 0.2) is 0 Å². The number of ether oxygens (including phenoxy) is 1. The number of aryl methyl sites for hydroxylation is 1. The van der Waals surface area contributed by atoms with Gasteiger partial charge in [0, 0.05) is 26.2 Å². The Kier molecular flexibility index (Phi) is 8.05. The second kappa shape index (κ2) is 10.9. The second-order valence-corrected chi connectivity index (χ2v) is 10.4. The Labute approximate surface area is 209 Å². The number of hydrogen-bond acceptors (Lipinski definition) is 3. The molecule has 1 N–H and O–H groups in total. The number of nitrogens with zero attached hydrogens (tertiary/aromatic N) is 1. The Morgan fingerprint density at radius 1 is 1.14 bits per heavy atom. The van der Waals surface area contributed by atoms with Crippen molar-refractivity contribution in [1.82, 2.24) is 4.90 Å². The van der Waals surface area contributed by atoms with Gasteiger partial charge in [-0.05, 0) is 78.8 Å². The number of likely N-dealkylation sites (tertiary alicyclic amines) is 1. The van der Waals surface area contributed by atoms with Crippen molar-refractivity contribution in [1.29, 1.82) is 0 Å². The van der Waals surface area contributed by atoms with Gasteiger partial charge in [-0.2, -0.15) is 13.2 Å². The van der Waals surface area contributed by atoms with E-state index in [2.05, 4.69) is 4.90 Å². The molecule has 196 valence electrons. The van der Waals surface area contributed by atoms with E-state index in [1.807, 2.05) is 24.3 Å². The number of alkyl halides is 3. The largest absolute Gasteiger partial charge is 0.481 e. The SMILES string of the molecule is COC(CCc1ccc(CC(C)C(=O)O)cc1)C1CC2CC1CN2Cc1cc(F)ccc1C(F)(F)F. The van der Waals surface area contributed by atoms with Crippen LogP contribution in [0.3, 0.4) is 0 Å². The molecule has 5 atom stereocenters. The normalized spacial score (nSPS) is 23.7. The summed E-state index contributed by atoms with van der Waals surface area (Å²) in [5.74, 6) is -1.18. The number of rotatable bonds is 10. The number of methoxy groups -OCH3 is 1. The molecule has 36 heavy (non-hydrogen) atoms. The standard InChI is InChI=1S/C28H33F4NO3/c1-17(27(34)35)11-19-5-3-18(4-6-19)7-10-26(36-2)24-14-23-13-20(24)15-33(23)16-21-12-22(29)8-9-25(21)28(30,31)32/h3-6,8-9,12,17,20,23-24,26H,7,10-11,13-16H2,1-2H3,(H,34,35). The van der Waals surface area contributed by atoms with Gasteiger partial charge in [0.05, 0.1) is 17.6 Å². The molecule has 2 aromatic rings. The van der Waals surface area contributed by atoms with Crippen molar-refractivity contribution in [2.45, 2.75) is 63.9 Å². The first kappa shape index (κ1) is 26.6. The lowest BCUT2D eigenvalue weighted by Crippen LogP contribution is -2.39. The Morgan fingerprint density at radius 3 is 2.42 bits per heavy atom. The smallest absolute Gasteiger partial charge is 0.416 e. The molecule has 2 bridgehead atoms. The fraction of sp³-hybridized carbons (Fsp3) is 0.536. The predicted octanol–water partition coefficient (Wildman–Crippen LogP) is 5.97. The van der Waals surface area contributed by atoms with Gasteiger partial charge in [-0.25, -0.2) is 4.39 Å². The third kappa shape index (κ3) is 6.09. The Hall–Kier alpha value is -2.45. The lowest BCUT2D eigenvalue weighted by molar-refractivity contribution is -0.141. The Morgan fingerprint density at radius 2 is 1.83 bits per heavy atom. The molecule has 5 unspecified atom stereocenters. The van der Waals surface area contributed by atoms with E-state index in [0.29, 0.717) is 24.8 Å². The van der Waals surface area contributed by atoms with Crippen LogP contribution in [0.2, 0.25) is 0 Å². The maximum Gasteiger partial charge on any atom is 0.416 e. The van der Waals surface area contributed by atoms with Gasteiger partial charge >= 0.3 is 12.1 Å². The highest BCUT2D eigenvalue weighted by molar-refractivity contribution is 5.69. The first-order valence-electron chi connectivity index (χ1n) is 12.5. The summed E-state index contributed by atoms with van der Waals surface area (Å²) in [6.07, 6.45) is -0.464. The minimum absolute atomic E-state index is 0.00362. The molecule has 8 heteroatoms. The van der Waals surface area contributed by atoms with Crippen LogP contribution in [0.1, 0.15) is 48.4 Å². The number of benzene rings is 2. The van der Waals surface area contributed by atoms with Gasteiger partial charge in [0.25, 0.3) is 0 Å². The van der Waals surface area contributed by atoms with Crippen LogP contribution in [-0.4, -0.2) is 41.8 Å². The Balaban J connectivity index is 1.32. The third-order valence-corrected chi connectivity index (χ3v) is 7.94. The first-order valence-corrected chi connectivity index (χ1v) is 12.5. The first-order chi connectivity index (χ1) is 17.0. The molecule has 0 aromatic heterocycles. The van der Waals surface area contributed by atoms with Crippen molar-refractivity contribution in [3.63, 3.8) is 0 Å². The lowest BCUT2D eigenvalue weighted by atomic mass is 9.86. The van der Waals surface area contributed by atoms with Crippen LogP contribution in [0.4, 0.5) is 17.6 Å². The maximum atomic E-state index is 13.7. The summed E-state index contributed by atoms with van der Waals surface area (Å²) in [7, 11) is 1.72. The highest BCUT2D eigenvalue weighted by Gasteiger charge is 2.47. The van der Waals surface area contributed by atoms with Crippen LogP contribution in [-0.2, 0) is 35.1 Å². The molecule has 4 rings (SSSR count). The van der Waals surface area contributed by atoms with Crippen LogP contribution in [0.25, 0.3) is 0 Å². The average molecular weight is 508 g/mol. The minimum atomic E-state index is -4.50. The molecule has 0 spiro atoms. The zero-order valence-electron chi connectivity index (χ0n) is 20.6. The zero-order chi connectivity index (χ0) is 26.0. The van der Waals surface area contributed by atoms with E-state index in [4.69, 9.17) is 9.84 Å². The maximum absolute atomic E-state index is 13.7. The summed E-state index contributed by atoms with van der Waals surface area (Å²) in [5.41, 5.74) is 1.40. The molecule has 2 fully saturated rings.